The van der Waals surface area contributed by atoms with E-state index in [0.717, 1.165) is 12.8 Å². The fourth-order valence-electron chi connectivity index (χ4n) is 1.67. The van der Waals surface area contributed by atoms with Gasteiger partial charge in [0, 0.05) is 19.3 Å². The van der Waals surface area contributed by atoms with Gasteiger partial charge in [-0.3, -0.25) is 4.79 Å². The molecule has 0 saturated carbocycles. The molecular weight excluding hydrogens is 210 g/mol. The van der Waals surface area contributed by atoms with Gasteiger partial charge < -0.3 is 19.9 Å². The Morgan fingerprint density at radius 1 is 1.50 bits per heavy atom. The molecular formula is C11H21NO4. The molecule has 1 atom stereocenters. The van der Waals surface area contributed by atoms with Gasteiger partial charge in [0.05, 0.1) is 12.7 Å². The first-order valence-electron chi connectivity index (χ1n) is 5.77. The number of ether oxygens (including phenoxy) is 2. The molecule has 1 rings (SSSR count). The first-order chi connectivity index (χ1) is 7.59. The SMILES string of the molecule is CC(C)NC(COC1CCOCC1)C(=O)O. The van der Waals surface area contributed by atoms with Crippen molar-refractivity contribution in [2.24, 2.45) is 0 Å². The summed E-state index contributed by atoms with van der Waals surface area (Å²) in [5, 5.41) is 11.9. The van der Waals surface area contributed by atoms with Gasteiger partial charge in [-0.2, -0.15) is 0 Å². The first-order valence-corrected chi connectivity index (χ1v) is 5.77. The summed E-state index contributed by atoms with van der Waals surface area (Å²) in [6.45, 7) is 5.48. The molecule has 0 aromatic rings. The second-order valence-electron chi connectivity index (χ2n) is 4.36. The lowest BCUT2D eigenvalue weighted by atomic mass is 10.1. The molecule has 0 aromatic carbocycles. The summed E-state index contributed by atoms with van der Waals surface area (Å²) in [5.74, 6) is -0.860. The first kappa shape index (κ1) is 13.4. The maximum absolute atomic E-state index is 10.9. The van der Waals surface area contributed by atoms with Crippen LogP contribution < -0.4 is 5.32 Å². The summed E-state index contributed by atoms with van der Waals surface area (Å²) in [6.07, 6.45) is 1.85. The molecule has 2 N–H and O–H groups in total. The Labute approximate surface area is 96.1 Å². The van der Waals surface area contributed by atoms with Crippen molar-refractivity contribution in [1.29, 1.82) is 0 Å². The number of nitrogens with one attached hydrogen (secondary N) is 1. The Morgan fingerprint density at radius 2 is 2.12 bits per heavy atom. The fourth-order valence-corrected chi connectivity index (χ4v) is 1.67. The topological polar surface area (TPSA) is 67.8 Å². The third-order valence-corrected chi connectivity index (χ3v) is 2.50. The summed E-state index contributed by atoms with van der Waals surface area (Å²) >= 11 is 0. The molecule has 5 heteroatoms. The molecule has 0 bridgehead atoms. The molecule has 1 saturated heterocycles. The van der Waals surface area contributed by atoms with E-state index in [-0.39, 0.29) is 18.8 Å². The normalized spacial score (nSPS) is 19.9. The van der Waals surface area contributed by atoms with Crippen molar-refractivity contribution in [3.05, 3.63) is 0 Å². The summed E-state index contributed by atoms with van der Waals surface area (Å²) in [4.78, 5) is 10.9. The lowest BCUT2D eigenvalue weighted by Gasteiger charge is -2.25. The maximum atomic E-state index is 10.9. The minimum absolute atomic E-state index is 0.138. The van der Waals surface area contributed by atoms with Crippen LogP contribution in [0.1, 0.15) is 26.7 Å². The number of hydrogen-bond donors (Lipinski definition) is 2. The van der Waals surface area contributed by atoms with Gasteiger partial charge in [-0.05, 0) is 12.8 Å². The van der Waals surface area contributed by atoms with Crippen LogP contribution in [0.25, 0.3) is 0 Å². The number of carboxylic acid groups (broad SMARTS) is 1. The highest BCUT2D eigenvalue weighted by Gasteiger charge is 2.21. The van der Waals surface area contributed by atoms with Crippen molar-refractivity contribution in [3.8, 4) is 0 Å². The van der Waals surface area contributed by atoms with Crippen LogP contribution in [-0.4, -0.2) is 49.1 Å². The summed E-state index contributed by atoms with van der Waals surface area (Å²) < 4.78 is 10.8. The Bertz CT molecular complexity index is 214. The highest BCUT2D eigenvalue weighted by Crippen LogP contribution is 2.10. The maximum Gasteiger partial charge on any atom is 0.323 e. The molecule has 0 aromatic heterocycles. The Hall–Kier alpha value is -0.650. The molecule has 0 spiro atoms. The number of hydrogen-bond acceptors (Lipinski definition) is 4. The van der Waals surface area contributed by atoms with Crippen molar-refractivity contribution < 1.29 is 19.4 Å². The summed E-state index contributed by atoms with van der Waals surface area (Å²) in [6, 6.07) is -0.484. The van der Waals surface area contributed by atoms with Crippen LogP contribution in [-0.2, 0) is 14.3 Å². The second-order valence-corrected chi connectivity index (χ2v) is 4.36. The largest absolute Gasteiger partial charge is 0.480 e. The molecule has 1 aliphatic rings. The molecule has 0 aliphatic carbocycles. The van der Waals surface area contributed by atoms with Crippen LogP contribution in [0, 0.1) is 0 Å². The van der Waals surface area contributed by atoms with Crippen LogP contribution in [0.3, 0.4) is 0 Å². The summed E-state index contributed by atoms with van der Waals surface area (Å²) in [5.41, 5.74) is 0. The third kappa shape index (κ3) is 4.92. The predicted octanol–water partition coefficient (Wildman–Crippen LogP) is 0.633. The Balaban J connectivity index is 2.28. The fraction of sp³-hybridized carbons (Fsp3) is 0.909. The highest BCUT2D eigenvalue weighted by atomic mass is 16.5. The van der Waals surface area contributed by atoms with Crippen molar-refractivity contribution in [2.75, 3.05) is 19.8 Å². The van der Waals surface area contributed by atoms with Gasteiger partial charge in [-0.1, -0.05) is 13.8 Å². The zero-order valence-electron chi connectivity index (χ0n) is 9.94. The standard InChI is InChI=1S/C11H21NO4/c1-8(2)12-10(11(13)14)7-16-9-3-5-15-6-4-9/h8-10,12H,3-7H2,1-2H3,(H,13,14). The van der Waals surface area contributed by atoms with Crippen molar-refractivity contribution in [1.82, 2.24) is 5.32 Å². The zero-order chi connectivity index (χ0) is 12.0. The van der Waals surface area contributed by atoms with Gasteiger partial charge in [0.15, 0.2) is 0 Å². The molecule has 1 heterocycles. The van der Waals surface area contributed by atoms with E-state index >= 15 is 0 Å². The van der Waals surface area contributed by atoms with E-state index in [1.165, 1.54) is 0 Å². The summed E-state index contributed by atoms with van der Waals surface area (Å²) in [7, 11) is 0. The van der Waals surface area contributed by atoms with Gasteiger partial charge in [0.2, 0.25) is 0 Å². The zero-order valence-corrected chi connectivity index (χ0v) is 9.94. The molecule has 94 valence electrons. The second kappa shape index (κ2) is 6.83. The van der Waals surface area contributed by atoms with Crippen LogP contribution in [0.5, 0.6) is 0 Å². The number of carboxylic acids is 1. The predicted molar refractivity (Wildman–Crippen MR) is 59.5 cm³/mol. The van der Waals surface area contributed by atoms with Crippen LogP contribution in [0.4, 0.5) is 0 Å². The van der Waals surface area contributed by atoms with E-state index in [4.69, 9.17) is 14.6 Å². The van der Waals surface area contributed by atoms with Gasteiger partial charge in [-0.15, -0.1) is 0 Å². The van der Waals surface area contributed by atoms with Gasteiger partial charge in [-0.25, -0.2) is 0 Å². The minimum atomic E-state index is -0.860. The molecule has 1 aliphatic heterocycles. The lowest BCUT2D eigenvalue weighted by molar-refractivity contribution is -0.142. The minimum Gasteiger partial charge on any atom is -0.480 e. The monoisotopic (exact) mass is 231 g/mol. The van der Waals surface area contributed by atoms with Crippen LogP contribution in [0.2, 0.25) is 0 Å². The van der Waals surface area contributed by atoms with E-state index in [1.807, 2.05) is 13.8 Å². The van der Waals surface area contributed by atoms with Crippen molar-refractivity contribution in [2.45, 2.75) is 44.9 Å². The quantitative estimate of drug-likeness (QED) is 0.702. The number of aliphatic carboxylic acids is 1. The van der Waals surface area contributed by atoms with Gasteiger partial charge >= 0.3 is 5.97 Å². The Kier molecular flexibility index (Phi) is 5.73. The molecule has 16 heavy (non-hydrogen) atoms. The van der Waals surface area contributed by atoms with E-state index in [1.54, 1.807) is 0 Å². The Morgan fingerprint density at radius 3 is 2.62 bits per heavy atom. The van der Waals surface area contributed by atoms with Crippen molar-refractivity contribution >= 4 is 5.97 Å². The van der Waals surface area contributed by atoms with E-state index in [2.05, 4.69) is 5.32 Å². The molecule has 1 unspecified atom stereocenters. The van der Waals surface area contributed by atoms with E-state index in [9.17, 15) is 4.79 Å². The van der Waals surface area contributed by atoms with Crippen LogP contribution in [0.15, 0.2) is 0 Å². The third-order valence-electron chi connectivity index (χ3n) is 2.50. The lowest BCUT2D eigenvalue weighted by Crippen LogP contribution is -2.45. The molecule has 1 fully saturated rings. The molecule has 0 amide bonds. The van der Waals surface area contributed by atoms with E-state index in [0.29, 0.717) is 13.2 Å². The van der Waals surface area contributed by atoms with Gasteiger partial charge in [0.1, 0.15) is 6.04 Å². The van der Waals surface area contributed by atoms with Crippen molar-refractivity contribution in [3.63, 3.8) is 0 Å². The van der Waals surface area contributed by atoms with Gasteiger partial charge in [0.25, 0.3) is 0 Å². The molecule has 5 nitrogen and oxygen atoms in total. The highest BCUT2D eigenvalue weighted by molar-refractivity contribution is 5.73. The van der Waals surface area contributed by atoms with E-state index < -0.39 is 12.0 Å². The smallest absolute Gasteiger partial charge is 0.323 e. The number of carbonyl (C=O) groups is 1. The average Bonchev–Trinajstić information content (AvgIpc) is 2.25. The average molecular weight is 231 g/mol. The number of rotatable bonds is 6. The van der Waals surface area contributed by atoms with Crippen LogP contribution >= 0.6 is 0 Å². The molecule has 0 radical (unpaired) electrons.